The van der Waals surface area contributed by atoms with Crippen LogP contribution in [-0.4, -0.2) is 47.1 Å². The number of hydrogen-bond acceptors (Lipinski definition) is 5. The number of pyridine rings is 1. The minimum Gasteiger partial charge on any atom is -0.492 e. The van der Waals surface area contributed by atoms with Gasteiger partial charge in [-0.25, -0.2) is 9.18 Å². The number of aromatic nitrogens is 1. The van der Waals surface area contributed by atoms with Gasteiger partial charge in [0, 0.05) is 31.2 Å². The van der Waals surface area contributed by atoms with Crippen molar-refractivity contribution in [2.45, 2.75) is 38.3 Å². The van der Waals surface area contributed by atoms with Crippen LogP contribution in [0.5, 0.6) is 5.75 Å². The summed E-state index contributed by atoms with van der Waals surface area (Å²) in [4.78, 5) is 26.0. The van der Waals surface area contributed by atoms with Crippen LogP contribution in [0.25, 0.3) is 10.9 Å². The molecule has 1 saturated heterocycles. The van der Waals surface area contributed by atoms with Crippen molar-refractivity contribution in [1.82, 2.24) is 4.57 Å². The average molecular weight is 390 g/mol. The summed E-state index contributed by atoms with van der Waals surface area (Å²) in [5, 5.41) is 19.3. The number of aromatic carboxylic acids is 1. The fraction of sp³-hybridized carbons (Fsp3) is 0.500. The molecule has 0 amide bonds. The summed E-state index contributed by atoms with van der Waals surface area (Å²) in [7, 11) is 1.42. The highest BCUT2D eigenvalue weighted by atomic mass is 19.1. The Morgan fingerprint density at radius 2 is 2.07 bits per heavy atom. The number of methoxy groups -OCH3 is 1. The first-order valence-corrected chi connectivity index (χ1v) is 9.45. The number of aliphatic hydroxyl groups excluding tert-OH is 1. The maximum Gasteiger partial charge on any atom is 0.341 e. The fourth-order valence-electron chi connectivity index (χ4n) is 4.11. The molecule has 2 heterocycles. The minimum atomic E-state index is -1.33. The molecule has 28 heavy (non-hydrogen) atoms. The number of carbonyl (C=O) groups is 1. The Hall–Kier alpha value is -2.61. The molecule has 2 atom stereocenters. The van der Waals surface area contributed by atoms with Crippen LogP contribution in [0.1, 0.15) is 42.6 Å². The van der Waals surface area contributed by atoms with Gasteiger partial charge in [-0.3, -0.25) is 4.79 Å². The fourth-order valence-corrected chi connectivity index (χ4v) is 4.11. The van der Waals surface area contributed by atoms with Crippen LogP contribution in [-0.2, 0) is 0 Å². The number of fused-ring (bicyclic) bond motifs is 1. The Bertz CT molecular complexity index is 1010. The third-order valence-electron chi connectivity index (χ3n) is 5.80. The van der Waals surface area contributed by atoms with Crippen molar-refractivity contribution in [2.24, 2.45) is 5.92 Å². The van der Waals surface area contributed by atoms with Gasteiger partial charge in [0.05, 0.1) is 24.1 Å². The molecule has 0 radical (unpaired) electrons. The van der Waals surface area contributed by atoms with E-state index in [9.17, 15) is 19.8 Å². The first-order chi connectivity index (χ1) is 13.3. The number of ether oxygens (including phenoxy) is 1. The van der Waals surface area contributed by atoms with Crippen molar-refractivity contribution >= 4 is 22.6 Å². The highest BCUT2D eigenvalue weighted by molar-refractivity contribution is 5.97. The second-order valence-electron chi connectivity index (χ2n) is 7.69. The average Bonchev–Trinajstić information content (AvgIpc) is 3.37. The quantitative estimate of drug-likeness (QED) is 0.815. The Morgan fingerprint density at radius 1 is 1.36 bits per heavy atom. The maximum atomic E-state index is 15.1. The van der Waals surface area contributed by atoms with Gasteiger partial charge in [0.1, 0.15) is 11.3 Å². The van der Waals surface area contributed by atoms with E-state index >= 15 is 4.39 Å². The Morgan fingerprint density at radius 3 is 2.61 bits per heavy atom. The summed E-state index contributed by atoms with van der Waals surface area (Å²) in [6.07, 6.45) is 3.30. The zero-order valence-corrected chi connectivity index (χ0v) is 15.8. The second-order valence-corrected chi connectivity index (χ2v) is 7.69. The van der Waals surface area contributed by atoms with Gasteiger partial charge < -0.3 is 24.4 Å². The van der Waals surface area contributed by atoms with Gasteiger partial charge in [-0.1, -0.05) is 0 Å². The van der Waals surface area contributed by atoms with Crippen LogP contribution in [0.15, 0.2) is 17.1 Å². The molecule has 150 valence electrons. The Balaban J connectivity index is 1.97. The van der Waals surface area contributed by atoms with Gasteiger partial charge in [0.25, 0.3) is 0 Å². The number of nitrogens with zero attached hydrogens (tertiary/aromatic N) is 2. The lowest BCUT2D eigenvalue weighted by molar-refractivity contribution is 0.0694. The number of carboxylic acids is 1. The van der Waals surface area contributed by atoms with Crippen molar-refractivity contribution in [2.75, 3.05) is 25.1 Å². The molecule has 8 heteroatoms. The van der Waals surface area contributed by atoms with Crippen molar-refractivity contribution < 1.29 is 24.1 Å². The Labute approximate surface area is 160 Å². The molecule has 2 fully saturated rings. The third kappa shape index (κ3) is 2.92. The molecule has 4 rings (SSSR count). The summed E-state index contributed by atoms with van der Waals surface area (Å²) in [6, 6.07) is 1.19. The first-order valence-electron chi connectivity index (χ1n) is 9.45. The number of hydrogen-bond donors (Lipinski definition) is 2. The van der Waals surface area contributed by atoms with Crippen LogP contribution in [0.3, 0.4) is 0 Å². The molecular formula is C20H23FN2O5. The molecule has 1 aliphatic carbocycles. The van der Waals surface area contributed by atoms with Gasteiger partial charge in [-0.2, -0.15) is 0 Å². The van der Waals surface area contributed by atoms with Gasteiger partial charge in [-0.05, 0) is 32.3 Å². The number of anilines is 1. The van der Waals surface area contributed by atoms with Crippen molar-refractivity contribution in [3.05, 3.63) is 33.9 Å². The summed E-state index contributed by atoms with van der Waals surface area (Å²) in [6.45, 7) is 2.77. The van der Waals surface area contributed by atoms with E-state index in [4.69, 9.17) is 4.74 Å². The van der Waals surface area contributed by atoms with Crippen molar-refractivity contribution in [3.63, 3.8) is 0 Å². The largest absolute Gasteiger partial charge is 0.492 e. The van der Waals surface area contributed by atoms with Crippen LogP contribution in [0.4, 0.5) is 10.1 Å². The highest BCUT2D eigenvalue weighted by Gasteiger charge is 2.34. The lowest BCUT2D eigenvalue weighted by Gasteiger charge is -2.25. The first kappa shape index (κ1) is 18.7. The summed E-state index contributed by atoms with van der Waals surface area (Å²) < 4.78 is 22.4. The number of halogens is 1. The zero-order chi connectivity index (χ0) is 20.2. The van der Waals surface area contributed by atoms with E-state index in [0.717, 1.165) is 25.3 Å². The lowest BCUT2D eigenvalue weighted by Crippen LogP contribution is -2.26. The molecule has 1 aromatic carbocycles. The van der Waals surface area contributed by atoms with E-state index in [1.165, 1.54) is 13.3 Å². The lowest BCUT2D eigenvalue weighted by atomic mass is 10.0. The molecule has 0 bridgehead atoms. The summed E-state index contributed by atoms with van der Waals surface area (Å²) >= 11 is 0. The molecule has 7 nitrogen and oxygen atoms in total. The maximum absolute atomic E-state index is 15.1. The van der Waals surface area contributed by atoms with E-state index in [-0.39, 0.29) is 34.3 Å². The molecule has 1 aromatic heterocycles. The van der Waals surface area contributed by atoms with Crippen LogP contribution in [0.2, 0.25) is 0 Å². The zero-order valence-electron chi connectivity index (χ0n) is 15.8. The topological polar surface area (TPSA) is 92.0 Å². The molecule has 1 aliphatic heterocycles. The number of carboxylic acid groups (broad SMARTS) is 1. The summed E-state index contributed by atoms with van der Waals surface area (Å²) in [5.41, 5.74) is -0.401. The van der Waals surface area contributed by atoms with Crippen LogP contribution < -0.4 is 15.1 Å². The number of benzene rings is 1. The molecule has 2 aromatic rings. The van der Waals surface area contributed by atoms with Gasteiger partial charge in [0.15, 0.2) is 11.6 Å². The summed E-state index contributed by atoms with van der Waals surface area (Å²) in [5.74, 6) is -1.69. The molecule has 2 unspecified atom stereocenters. The van der Waals surface area contributed by atoms with E-state index < -0.39 is 23.3 Å². The molecule has 2 aliphatic rings. The molecular weight excluding hydrogens is 367 g/mol. The van der Waals surface area contributed by atoms with Crippen molar-refractivity contribution in [3.8, 4) is 5.75 Å². The van der Waals surface area contributed by atoms with E-state index in [0.29, 0.717) is 18.6 Å². The number of rotatable bonds is 5. The third-order valence-corrected chi connectivity index (χ3v) is 5.80. The monoisotopic (exact) mass is 390 g/mol. The van der Waals surface area contributed by atoms with Crippen LogP contribution in [0, 0.1) is 11.7 Å². The highest BCUT2D eigenvalue weighted by Crippen LogP contribution is 2.44. The van der Waals surface area contributed by atoms with Gasteiger partial charge in [0.2, 0.25) is 5.43 Å². The van der Waals surface area contributed by atoms with E-state index in [1.807, 2.05) is 4.90 Å². The predicted molar refractivity (Wildman–Crippen MR) is 102 cm³/mol. The van der Waals surface area contributed by atoms with Gasteiger partial charge >= 0.3 is 5.97 Å². The standard InChI is InChI=1S/C20H23FN2O5/c1-10(24)11-5-6-22(8-11)17-15(21)7-13-16(19(17)28-2)23(12-3-4-12)9-14(18(13)25)20(26)27/h7,9-12,24H,3-6,8H2,1-2H3,(H,26,27). The molecule has 2 N–H and O–H groups in total. The minimum absolute atomic E-state index is 0.0103. The smallest absolute Gasteiger partial charge is 0.341 e. The molecule has 0 spiro atoms. The SMILES string of the molecule is COc1c(N2CCC(C(C)O)C2)c(F)cc2c(=O)c(C(=O)O)cn(C3CC3)c12. The Kier molecular flexibility index (Phi) is 4.53. The predicted octanol–water partition coefficient (Wildman–Crippen LogP) is 2.39. The van der Waals surface area contributed by atoms with Crippen molar-refractivity contribution in [1.29, 1.82) is 0 Å². The van der Waals surface area contributed by atoms with E-state index in [2.05, 4.69) is 0 Å². The molecule has 1 saturated carbocycles. The van der Waals surface area contributed by atoms with Crippen LogP contribution >= 0.6 is 0 Å². The second kappa shape index (κ2) is 6.77. The van der Waals surface area contributed by atoms with Gasteiger partial charge in [-0.15, -0.1) is 0 Å². The normalized spacial score (nSPS) is 20.6. The number of aliphatic hydroxyl groups is 1. The van der Waals surface area contributed by atoms with E-state index in [1.54, 1.807) is 11.5 Å².